The molecule has 110 valence electrons. The molecule has 0 saturated heterocycles. The minimum Gasteiger partial charge on any atom is -0.345 e. The van der Waals surface area contributed by atoms with E-state index in [4.69, 9.17) is 5.73 Å². The lowest BCUT2D eigenvalue weighted by Gasteiger charge is -2.34. The zero-order valence-electron chi connectivity index (χ0n) is 12.3. The van der Waals surface area contributed by atoms with Gasteiger partial charge in [-0.2, -0.15) is 0 Å². The van der Waals surface area contributed by atoms with Crippen LogP contribution in [0.5, 0.6) is 0 Å². The van der Waals surface area contributed by atoms with Gasteiger partial charge >= 0.3 is 0 Å². The van der Waals surface area contributed by atoms with E-state index in [0.717, 1.165) is 38.6 Å². The van der Waals surface area contributed by atoms with Gasteiger partial charge in [-0.3, -0.25) is 9.78 Å². The molecule has 0 radical (unpaired) electrons. The van der Waals surface area contributed by atoms with Crippen LogP contribution in [0.1, 0.15) is 44.1 Å². The van der Waals surface area contributed by atoms with E-state index in [1.165, 1.54) is 12.0 Å². The van der Waals surface area contributed by atoms with Gasteiger partial charge in [0.05, 0.1) is 0 Å². The third-order valence-corrected chi connectivity index (χ3v) is 4.26. The van der Waals surface area contributed by atoms with Gasteiger partial charge in [0.1, 0.15) is 0 Å². The van der Waals surface area contributed by atoms with Gasteiger partial charge in [0.25, 0.3) is 0 Å². The van der Waals surface area contributed by atoms with Crippen molar-refractivity contribution in [2.45, 2.75) is 50.5 Å². The maximum absolute atomic E-state index is 12.3. The van der Waals surface area contributed by atoms with Crippen molar-refractivity contribution < 1.29 is 4.79 Å². The number of hydrogen-bond donors (Lipinski definition) is 1. The number of hydrogen-bond acceptors (Lipinski definition) is 3. The van der Waals surface area contributed by atoms with E-state index in [1.807, 2.05) is 24.1 Å². The van der Waals surface area contributed by atoms with Crippen molar-refractivity contribution in [3.63, 3.8) is 0 Å². The van der Waals surface area contributed by atoms with Crippen LogP contribution in [0.25, 0.3) is 0 Å². The van der Waals surface area contributed by atoms with Crippen molar-refractivity contribution in [2.24, 2.45) is 5.73 Å². The van der Waals surface area contributed by atoms with Crippen LogP contribution in [0.4, 0.5) is 0 Å². The highest BCUT2D eigenvalue weighted by Crippen LogP contribution is 2.29. The first kappa shape index (κ1) is 15.0. The van der Waals surface area contributed by atoms with Gasteiger partial charge in [0, 0.05) is 37.9 Å². The monoisotopic (exact) mass is 275 g/mol. The highest BCUT2D eigenvalue weighted by atomic mass is 16.2. The largest absolute Gasteiger partial charge is 0.345 e. The molecule has 1 aliphatic carbocycles. The molecule has 20 heavy (non-hydrogen) atoms. The molecule has 1 aromatic heterocycles. The summed E-state index contributed by atoms with van der Waals surface area (Å²) >= 11 is 0. The van der Waals surface area contributed by atoms with E-state index >= 15 is 0 Å². The maximum Gasteiger partial charge on any atom is 0.224 e. The maximum atomic E-state index is 12.3. The standard InChI is InChI=1S/C16H25N3O/c1-19(12-7-14-5-10-18-11-6-14)15(20)13-16(17)8-3-2-4-9-16/h5-6,10-11H,2-4,7-9,12-13,17H2,1H3. The number of carbonyl (C=O) groups is 1. The summed E-state index contributed by atoms with van der Waals surface area (Å²) < 4.78 is 0. The molecule has 4 nitrogen and oxygen atoms in total. The quantitative estimate of drug-likeness (QED) is 0.895. The molecule has 1 aliphatic rings. The Balaban J connectivity index is 1.79. The molecule has 2 N–H and O–H groups in total. The number of pyridine rings is 1. The first-order valence-electron chi connectivity index (χ1n) is 7.51. The van der Waals surface area contributed by atoms with E-state index in [9.17, 15) is 4.79 Å². The van der Waals surface area contributed by atoms with Crippen molar-refractivity contribution in [2.75, 3.05) is 13.6 Å². The van der Waals surface area contributed by atoms with E-state index in [-0.39, 0.29) is 11.4 Å². The predicted molar refractivity (Wildman–Crippen MR) is 80.2 cm³/mol. The number of nitrogens with two attached hydrogens (primary N) is 1. The van der Waals surface area contributed by atoms with E-state index in [0.29, 0.717) is 6.42 Å². The fourth-order valence-electron chi connectivity index (χ4n) is 2.84. The van der Waals surface area contributed by atoms with Gasteiger partial charge in [0.2, 0.25) is 5.91 Å². The lowest BCUT2D eigenvalue weighted by atomic mass is 9.80. The lowest BCUT2D eigenvalue weighted by Crippen LogP contribution is -2.46. The molecule has 0 aromatic carbocycles. The molecule has 1 fully saturated rings. The Hall–Kier alpha value is -1.42. The molecule has 4 heteroatoms. The molecule has 1 amide bonds. The molecule has 1 heterocycles. The Bertz CT molecular complexity index is 427. The van der Waals surface area contributed by atoms with Crippen molar-refractivity contribution in [3.8, 4) is 0 Å². The molecule has 0 atom stereocenters. The van der Waals surface area contributed by atoms with Gasteiger partial charge in [-0.05, 0) is 37.0 Å². The number of rotatable bonds is 5. The summed E-state index contributed by atoms with van der Waals surface area (Å²) in [5.41, 5.74) is 7.29. The summed E-state index contributed by atoms with van der Waals surface area (Å²) in [5, 5.41) is 0. The molecule has 0 bridgehead atoms. The Morgan fingerprint density at radius 2 is 1.95 bits per heavy atom. The average molecular weight is 275 g/mol. The molecule has 0 spiro atoms. The average Bonchev–Trinajstić information content (AvgIpc) is 2.46. The molecular formula is C16H25N3O. The lowest BCUT2D eigenvalue weighted by molar-refractivity contribution is -0.131. The number of nitrogens with zero attached hydrogens (tertiary/aromatic N) is 2. The van der Waals surface area contributed by atoms with Gasteiger partial charge < -0.3 is 10.6 Å². The van der Waals surface area contributed by atoms with Crippen LogP contribution >= 0.6 is 0 Å². The smallest absolute Gasteiger partial charge is 0.224 e. The number of amides is 1. The predicted octanol–water partition coefficient (Wildman–Crippen LogP) is 2.13. The highest BCUT2D eigenvalue weighted by molar-refractivity contribution is 5.77. The van der Waals surface area contributed by atoms with Crippen LogP contribution in [0, 0.1) is 0 Å². The molecule has 0 unspecified atom stereocenters. The Morgan fingerprint density at radius 1 is 1.30 bits per heavy atom. The van der Waals surface area contributed by atoms with Crippen LogP contribution < -0.4 is 5.73 Å². The minimum absolute atomic E-state index is 0.170. The van der Waals surface area contributed by atoms with Crippen LogP contribution in [0.2, 0.25) is 0 Å². The second-order valence-electron chi connectivity index (χ2n) is 6.02. The number of aromatic nitrogens is 1. The number of likely N-dealkylation sites (N-methyl/N-ethyl adjacent to an activating group) is 1. The first-order chi connectivity index (χ1) is 9.59. The van der Waals surface area contributed by atoms with Crippen molar-refractivity contribution in [1.29, 1.82) is 0 Å². The van der Waals surface area contributed by atoms with Gasteiger partial charge in [-0.25, -0.2) is 0 Å². The Kier molecular flexibility index (Phi) is 5.12. The molecular weight excluding hydrogens is 250 g/mol. The van der Waals surface area contributed by atoms with E-state index in [2.05, 4.69) is 4.98 Å². The zero-order valence-corrected chi connectivity index (χ0v) is 12.3. The summed E-state index contributed by atoms with van der Waals surface area (Å²) in [6.45, 7) is 0.735. The summed E-state index contributed by atoms with van der Waals surface area (Å²) in [6, 6.07) is 3.98. The number of carbonyl (C=O) groups excluding carboxylic acids is 1. The van der Waals surface area contributed by atoms with Crippen molar-refractivity contribution in [1.82, 2.24) is 9.88 Å². The first-order valence-corrected chi connectivity index (χ1v) is 7.51. The van der Waals surface area contributed by atoms with E-state index < -0.39 is 0 Å². The fraction of sp³-hybridized carbons (Fsp3) is 0.625. The van der Waals surface area contributed by atoms with Crippen LogP contribution in [-0.2, 0) is 11.2 Å². The fourth-order valence-corrected chi connectivity index (χ4v) is 2.84. The van der Waals surface area contributed by atoms with Gasteiger partial charge in [-0.15, -0.1) is 0 Å². The zero-order chi connectivity index (χ0) is 14.4. The normalized spacial score (nSPS) is 17.7. The summed E-state index contributed by atoms with van der Waals surface area (Å²) in [6.07, 6.45) is 10.5. The van der Waals surface area contributed by atoms with Crippen LogP contribution in [-0.4, -0.2) is 34.9 Å². The summed E-state index contributed by atoms with van der Waals surface area (Å²) in [5.74, 6) is 0.170. The third kappa shape index (κ3) is 4.30. The SMILES string of the molecule is CN(CCc1ccncc1)C(=O)CC1(N)CCCCC1. The Labute approximate surface area is 121 Å². The highest BCUT2D eigenvalue weighted by Gasteiger charge is 2.30. The second kappa shape index (κ2) is 6.84. The molecule has 0 aliphatic heterocycles. The Morgan fingerprint density at radius 3 is 2.60 bits per heavy atom. The van der Waals surface area contributed by atoms with Crippen LogP contribution in [0.15, 0.2) is 24.5 Å². The molecule has 2 rings (SSSR count). The van der Waals surface area contributed by atoms with Gasteiger partial charge in [-0.1, -0.05) is 19.3 Å². The molecule has 1 saturated carbocycles. The molecule has 1 aromatic rings. The minimum atomic E-state index is -0.264. The summed E-state index contributed by atoms with van der Waals surface area (Å²) in [7, 11) is 1.87. The van der Waals surface area contributed by atoms with Crippen molar-refractivity contribution in [3.05, 3.63) is 30.1 Å². The second-order valence-corrected chi connectivity index (χ2v) is 6.02. The third-order valence-electron chi connectivity index (χ3n) is 4.26. The van der Waals surface area contributed by atoms with E-state index in [1.54, 1.807) is 12.4 Å². The van der Waals surface area contributed by atoms with Gasteiger partial charge in [0.15, 0.2) is 0 Å². The van der Waals surface area contributed by atoms with Crippen molar-refractivity contribution >= 4 is 5.91 Å². The summed E-state index contributed by atoms with van der Waals surface area (Å²) in [4.78, 5) is 18.1. The van der Waals surface area contributed by atoms with Crippen LogP contribution in [0.3, 0.4) is 0 Å². The topological polar surface area (TPSA) is 59.2 Å².